The predicted octanol–water partition coefficient (Wildman–Crippen LogP) is 3.71. The largest absolute Gasteiger partial charge is 0.384 e. The Bertz CT molecular complexity index is 514. The zero-order chi connectivity index (χ0) is 11.5. The number of nitrogen functional groups attached to an aromatic ring is 1. The van der Waals surface area contributed by atoms with E-state index in [2.05, 4.69) is 10.3 Å². The molecular formula is C11H9Cl2N3. The summed E-state index contributed by atoms with van der Waals surface area (Å²) in [5.74, 6) is 0.463. The number of aromatic nitrogens is 1. The van der Waals surface area contributed by atoms with Gasteiger partial charge in [0.25, 0.3) is 0 Å². The maximum atomic E-state index is 5.90. The molecule has 1 aromatic heterocycles. The highest BCUT2D eigenvalue weighted by Gasteiger charge is 2.00. The molecule has 0 spiro atoms. The molecule has 5 heteroatoms. The van der Waals surface area contributed by atoms with Crippen LogP contribution in [0.2, 0.25) is 10.0 Å². The summed E-state index contributed by atoms with van der Waals surface area (Å²) in [6.45, 7) is 0. The van der Waals surface area contributed by atoms with Gasteiger partial charge in [-0.25, -0.2) is 4.98 Å². The lowest BCUT2D eigenvalue weighted by Gasteiger charge is -2.07. The standard InChI is InChI=1S/C11H9Cl2N3/c12-9-2-1-7(5-10(9)13)16-8-3-4-15-11(14)6-8/h1-6H,(H3,14,15,16). The van der Waals surface area contributed by atoms with E-state index in [4.69, 9.17) is 28.9 Å². The van der Waals surface area contributed by atoms with Crippen LogP contribution < -0.4 is 11.1 Å². The van der Waals surface area contributed by atoms with Gasteiger partial charge in [-0.05, 0) is 24.3 Å². The zero-order valence-electron chi connectivity index (χ0n) is 8.24. The van der Waals surface area contributed by atoms with Crippen molar-refractivity contribution in [3.05, 3.63) is 46.6 Å². The van der Waals surface area contributed by atoms with Crippen molar-refractivity contribution in [1.29, 1.82) is 0 Å². The Hall–Kier alpha value is -1.45. The van der Waals surface area contributed by atoms with Crippen LogP contribution in [0.25, 0.3) is 0 Å². The van der Waals surface area contributed by atoms with E-state index < -0.39 is 0 Å². The van der Waals surface area contributed by atoms with Crippen molar-refractivity contribution in [1.82, 2.24) is 4.98 Å². The van der Waals surface area contributed by atoms with E-state index in [1.165, 1.54) is 0 Å². The highest BCUT2D eigenvalue weighted by molar-refractivity contribution is 6.42. The topological polar surface area (TPSA) is 50.9 Å². The van der Waals surface area contributed by atoms with E-state index in [-0.39, 0.29) is 0 Å². The quantitative estimate of drug-likeness (QED) is 0.858. The molecule has 0 aliphatic carbocycles. The van der Waals surface area contributed by atoms with Gasteiger partial charge in [0.1, 0.15) is 5.82 Å². The third-order valence-electron chi connectivity index (χ3n) is 1.99. The second-order valence-electron chi connectivity index (χ2n) is 3.22. The molecule has 1 heterocycles. The molecule has 0 fully saturated rings. The van der Waals surface area contributed by atoms with E-state index in [9.17, 15) is 0 Å². The first-order valence-corrected chi connectivity index (χ1v) is 5.34. The Morgan fingerprint density at radius 1 is 1.00 bits per heavy atom. The van der Waals surface area contributed by atoms with Crippen molar-refractivity contribution in [3.8, 4) is 0 Å². The Balaban J connectivity index is 2.24. The molecule has 82 valence electrons. The summed E-state index contributed by atoms with van der Waals surface area (Å²) in [4.78, 5) is 3.90. The van der Waals surface area contributed by atoms with Crippen LogP contribution in [0.1, 0.15) is 0 Å². The lowest BCUT2D eigenvalue weighted by Crippen LogP contribution is -1.94. The second kappa shape index (κ2) is 4.60. The summed E-state index contributed by atoms with van der Waals surface area (Å²) in [6.07, 6.45) is 1.63. The first-order chi connectivity index (χ1) is 7.65. The van der Waals surface area contributed by atoms with Crippen molar-refractivity contribution in [2.45, 2.75) is 0 Å². The lowest BCUT2D eigenvalue weighted by molar-refractivity contribution is 1.33. The van der Waals surface area contributed by atoms with Crippen molar-refractivity contribution >= 4 is 40.4 Å². The van der Waals surface area contributed by atoms with Gasteiger partial charge in [0.05, 0.1) is 10.0 Å². The molecule has 0 atom stereocenters. The van der Waals surface area contributed by atoms with Crippen molar-refractivity contribution in [3.63, 3.8) is 0 Å². The highest BCUT2D eigenvalue weighted by atomic mass is 35.5. The summed E-state index contributed by atoms with van der Waals surface area (Å²) in [7, 11) is 0. The minimum absolute atomic E-state index is 0.463. The van der Waals surface area contributed by atoms with Crippen LogP contribution in [0.4, 0.5) is 17.2 Å². The molecule has 2 rings (SSSR count). The molecule has 0 saturated heterocycles. The number of hydrogen-bond acceptors (Lipinski definition) is 3. The molecule has 16 heavy (non-hydrogen) atoms. The van der Waals surface area contributed by atoms with Crippen molar-refractivity contribution < 1.29 is 0 Å². The number of nitrogens with one attached hydrogen (secondary N) is 1. The Labute approximate surface area is 103 Å². The van der Waals surface area contributed by atoms with Crippen LogP contribution in [-0.2, 0) is 0 Å². The number of halogens is 2. The molecule has 3 nitrogen and oxygen atoms in total. The maximum Gasteiger partial charge on any atom is 0.125 e. The van der Waals surface area contributed by atoms with Crippen LogP contribution >= 0.6 is 23.2 Å². The Morgan fingerprint density at radius 3 is 2.44 bits per heavy atom. The average Bonchev–Trinajstić information content (AvgIpc) is 2.24. The zero-order valence-corrected chi connectivity index (χ0v) is 9.76. The number of anilines is 3. The van der Waals surface area contributed by atoms with Crippen molar-refractivity contribution in [2.75, 3.05) is 11.1 Å². The van der Waals surface area contributed by atoms with Gasteiger partial charge in [0.2, 0.25) is 0 Å². The maximum absolute atomic E-state index is 5.90. The van der Waals surface area contributed by atoms with Gasteiger partial charge >= 0.3 is 0 Å². The molecule has 0 amide bonds. The van der Waals surface area contributed by atoms with Gasteiger partial charge in [-0.3, -0.25) is 0 Å². The molecule has 3 N–H and O–H groups in total. The molecule has 1 aromatic carbocycles. The molecular weight excluding hydrogens is 245 g/mol. The molecule has 0 aliphatic heterocycles. The van der Waals surface area contributed by atoms with Crippen molar-refractivity contribution in [2.24, 2.45) is 0 Å². The van der Waals surface area contributed by atoms with Crippen LogP contribution in [0.5, 0.6) is 0 Å². The number of hydrogen-bond donors (Lipinski definition) is 2. The first-order valence-electron chi connectivity index (χ1n) is 4.59. The van der Waals surface area contributed by atoms with Gasteiger partial charge in [0, 0.05) is 23.6 Å². The SMILES string of the molecule is Nc1cc(Nc2ccc(Cl)c(Cl)c2)ccn1. The van der Waals surface area contributed by atoms with Gasteiger partial charge in [0.15, 0.2) is 0 Å². The first kappa shape index (κ1) is 11.0. The summed E-state index contributed by atoms with van der Waals surface area (Å²) in [5.41, 5.74) is 7.27. The second-order valence-corrected chi connectivity index (χ2v) is 4.04. The average molecular weight is 254 g/mol. The Kier molecular flexibility index (Phi) is 3.17. The fourth-order valence-corrected chi connectivity index (χ4v) is 1.56. The number of nitrogens with zero attached hydrogens (tertiary/aromatic N) is 1. The molecule has 0 aliphatic rings. The molecule has 0 unspecified atom stereocenters. The predicted molar refractivity (Wildman–Crippen MR) is 68.4 cm³/mol. The minimum atomic E-state index is 0.463. The number of rotatable bonds is 2. The molecule has 0 saturated carbocycles. The number of nitrogens with two attached hydrogens (primary N) is 1. The normalized spacial score (nSPS) is 10.1. The van der Waals surface area contributed by atoms with E-state index >= 15 is 0 Å². The third kappa shape index (κ3) is 2.56. The minimum Gasteiger partial charge on any atom is -0.384 e. The summed E-state index contributed by atoms with van der Waals surface area (Å²) in [5, 5.41) is 4.19. The van der Waals surface area contributed by atoms with Crippen LogP contribution in [0.15, 0.2) is 36.5 Å². The molecule has 2 aromatic rings. The van der Waals surface area contributed by atoms with Gasteiger partial charge < -0.3 is 11.1 Å². The van der Waals surface area contributed by atoms with Gasteiger partial charge in [-0.2, -0.15) is 0 Å². The number of pyridine rings is 1. The molecule has 0 bridgehead atoms. The highest BCUT2D eigenvalue weighted by Crippen LogP contribution is 2.27. The van der Waals surface area contributed by atoms with E-state index in [0.29, 0.717) is 15.9 Å². The van der Waals surface area contributed by atoms with Crippen LogP contribution in [0, 0.1) is 0 Å². The summed E-state index contributed by atoms with van der Waals surface area (Å²) >= 11 is 11.7. The Morgan fingerprint density at radius 2 is 1.75 bits per heavy atom. The van der Waals surface area contributed by atoms with Gasteiger partial charge in [-0.15, -0.1) is 0 Å². The van der Waals surface area contributed by atoms with E-state index in [1.54, 1.807) is 24.4 Å². The van der Waals surface area contributed by atoms with E-state index in [1.807, 2.05) is 12.1 Å². The van der Waals surface area contributed by atoms with E-state index in [0.717, 1.165) is 11.4 Å². The lowest BCUT2D eigenvalue weighted by atomic mass is 10.3. The monoisotopic (exact) mass is 253 g/mol. The molecule has 0 radical (unpaired) electrons. The summed E-state index contributed by atoms with van der Waals surface area (Å²) in [6, 6.07) is 8.88. The summed E-state index contributed by atoms with van der Waals surface area (Å²) < 4.78 is 0. The fraction of sp³-hybridized carbons (Fsp3) is 0. The number of benzene rings is 1. The fourth-order valence-electron chi connectivity index (χ4n) is 1.27. The van der Waals surface area contributed by atoms with Crippen LogP contribution in [-0.4, -0.2) is 4.98 Å². The smallest absolute Gasteiger partial charge is 0.125 e. The third-order valence-corrected chi connectivity index (χ3v) is 2.73. The van der Waals surface area contributed by atoms with Gasteiger partial charge in [-0.1, -0.05) is 23.2 Å². The van der Waals surface area contributed by atoms with Crippen LogP contribution in [0.3, 0.4) is 0 Å².